The molecule has 0 heterocycles. The van der Waals surface area contributed by atoms with E-state index in [1.165, 1.54) is 21.6 Å². The molecule has 0 aromatic carbocycles. The molecule has 0 unspecified atom stereocenters. The first-order valence-corrected chi connectivity index (χ1v) is 9.90. The predicted molar refractivity (Wildman–Crippen MR) is 69.2 cm³/mol. The van der Waals surface area contributed by atoms with Gasteiger partial charge in [-0.25, -0.2) is 8.37 Å². The van der Waals surface area contributed by atoms with Gasteiger partial charge in [-0.15, -0.1) is 0 Å². The Bertz CT molecular complexity index is 361. The van der Waals surface area contributed by atoms with Gasteiger partial charge in [-0.2, -0.15) is 16.8 Å². The molecule has 0 aliphatic rings. The Morgan fingerprint density at radius 3 is 1.39 bits per heavy atom. The van der Waals surface area contributed by atoms with Crippen molar-refractivity contribution in [3.63, 3.8) is 0 Å². The maximum atomic E-state index is 10.2. The maximum Gasteiger partial charge on any atom is 0.397 e. The first-order valence-electron chi connectivity index (χ1n) is 4.69. The minimum absolute atomic E-state index is 0.0851. The molecule has 0 atom stereocenters. The van der Waals surface area contributed by atoms with Crippen LogP contribution in [0.3, 0.4) is 0 Å². The Morgan fingerprint density at radius 2 is 1.11 bits per heavy atom. The summed E-state index contributed by atoms with van der Waals surface area (Å²) < 4.78 is 65.3. The lowest BCUT2D eigenvalue weighted by molar-refractivity contribution is 0.268. The third-order valence-corrected chi connectivity index (χ3v) is 4.80. The smallest absolute Gasteiger partial charge is 0.264 e. The van der Waals surface area contributed by atoms with Crippen molar-refractivity contribution in [2.45, 2.75) is 12.8 Å². The van der Waals surface area contributed by atoms with Crippen LogP contribution < -0.4 is 0 Å². The van der Waals surface area contributed by atoms with E-state index in [1.807, 2.05) is 0 Å². The summed E-state index contributed by atoms with van der Waals surface area (Å²) >= 11 is 0. The van der Waals surface area contributed by atoms with Crippen LogP contribution in [-0.2, 0) is 29.2 Å². The molecule has 18 heavy (non-hydrogen) atoms. The van der Waals surface area contributed by atoms with Gasteiger partial charge in [0.25, 0.3) is 0 Å². The molecule has 0 bridgehead atoms. The molecule has 0 aliphatic carbocycles. The van der Waals surface area contributed by atoms with E-state index in [9.17, 15) is 16.8 Å². The van der Waals surface area contributed by atoms with Crippen molar-refractivity contribution in [3.8, 4) is 0 Å². The summed E-state index contributed by atoms with van der Waals surface area (Å²) in [5.74, 6) is 1.25. The van der Waals surface area contributed by atoms with E-state index in [-0.39, 0.29) is 13.2 Å². The Hall–Kier alpha value is 0.440. The number of rotatable bonds is 11. The zero-order valence-electron chi connectivity index (χ0n) is 9.22. The molecule has 0 spiro atoms. The molecule has 0 rings (SSSR count). The first-order chi connectivity index (χ1) is 8.21. The third-order valence-electron chi connectivity index (χ3n) is 1.29. The van der Waals surface area contributed by atoms with Gasteiger partial charge in [-0.1, -0.05) is 21.6 Å². The summed E-state index contributed by atoms with van der Waals surface area (Å²) in [6.45, 7) is -0.170. The highest BCUT2D eigenvalue weighted by molar-refractivity contribution is 8.76. The van der Waals surface area contributed by atoms with Gasteiger partial charge >= 0.3 is 20.8 Å². The van der Waals surface area contributed by atoms with Crippen molar-refractivity contribution in [1.29, 1.82) is 0 Å². The molecule has 0 aromatic rings. The van der Waals surface area contributed by atoms with Gasteiger partial charge in [0.05, 0.1) is 13.2 Å². The van der Waals surface area contributed by atoms with Crippen molar-refractivity contribution in [2.24, 2.45) is 0 Å². The normalized spacial score (nSPS) is 12.8. The molecule has 0 aromatic heterocycles. The van der Waals surface area contributed by atoms with Crippen molar-refractivity contribution in [1.82, 2.24) is 0 Å². The van der Waals surface area contributed by atoms with E-state index in [0.29, 0.717) is 24.3 Å². The van der Waals surface area contributed by atoms with Crippen molar-refractivity contribution >= 4 is 42.4 Å². The molecule has 0 amide bonds. The van der Waals surface area contributed by atoms with E-state index in [2.05, 4.69) is 8.37 Å². The highest BCUT2D eigenvalue weighted by Gasteiger charge is 2.04. The Morgan fingerprint density at radius 1 is 0.778 bits per heavy atom. The van der Waals surface area contributed by atoms with Gasteiger partial charge in [0.15, 0.2) is 0 Å². The van der Waals surface area contributed by atoms with Crippen LogP contribution in [0.1, 0.15) is 12.8 Å². The topological polar surface area (TPSA) is 127 Å². The molecule has 110 valence electrons. The average Bonchev–Trinajstić information content (AvgIpc) is 2.17. The maximum absolute atomic E-state index is 10.2. The first kappa shape index (κ1) is 18.4. The van der Waals surface area contributed by atoms with E-state index in [4.69, 9.17) is 9.11 Å². The second kappa shape index (κ2) is 9.36. The Kier molecular flexibility index (Phi) is 9.59. The van der Waals surface area contributed by atoms with E-state index in [0.717, 1.165) is 0 Å². The van der Waals surface area contributed by atoms with E-state index in [1.54, 1.807) is 0 Å². The fourth-order valence-electron chi connectivity index (χ4n) is 0.682. The standard InChI is InChI=1S/C6H14O8S4/c7-17(8,9)13-3-1-5-15-16-6-2-4-14-18(10,11)12/h1-6H2,(H,7,8,9)(H,10,11,12). The van der Waals surface area contributed by atoms with Crippen LogP contribution in [0.25, 0.3) is 0 Å². The SMILES string of the molecule is O=S(=O)(O)OCCCSSCCCOS(=O)(=O)O. The van der Waals surface area contributed by atoms with Crippen molar-refractivity contribution < 1.29 is 34.3 Å². The average molecular weight is 342 g/mol. The van der Waals surface area contributed by atoms with Crippen LogP contribution in [0.5, 0.6) is 0 Å². The lowest BCUT2D eigenvalue weighted by atomic mass is 10.5. The second-order valence-corrected chi connectivity index (χ2v) is 7.73. The molecule has 8 nitrogen and oxygen atoms in total. The summed E-state index contributed by atoms with van der Waals surface area (Å²) in [6, 6.07) is 0. The molecule has 0 saturated carbocycles. The number of hydrogen-bond donors (Lipinski definition) is 2. The van der Waals surface area contributed by atoms with Gasteiger partial charge in [0, 0.05) is 11.5 Å². The van der Waals surface area contributed by atoms with Crippen LogP contribution in [0.2, 0.25) is 0 Å². The largest absolute Gasteiger partial charge is 0.397 e. The van der Waals surface area contributed by atoms with Crippen LogP contribution in [-0.4, -0.2) is 50.7 Å². The van der Waals surface area contributed by atoms with E-state index < -0.39 is 20.8 Å². The predicted octanol–water partition coefficient (Wildman–Crippen LogP) is 0.787. The Balaban J connectivity index is 3.22. The summed E-state index contributed by atoms with van der Waals surface area (Å²) in [6.07, 6.45) is 0.915. The molecular formula is C6H14O8S4. The van der Waals surface area contributed by atoms with Gasteiger partial charge in [-0.05, 0) is 12.8 Å². The Labute approximate surface area is 114 Å². The lowest BCUT2D eigenvalue weighted by Gasteiger charge is -2.01. The molecule has 12 heteroatoms. The highest BCUT2D eigenvalue weighted by Crippen LogP contribution is 2.22. The monoisotopic (exact) mass is 342 g/mol. The van der Waals surface area contributed by atoms with Crippen LogP contribution in [0, 0.1) is 0 Å². The van der Waals surface area contributed by atoms with Crippen LogP contribution in [0.15, 0.2) is 0 Å². The highest BCUT2D eigenvalue weighted by atomic mass is 33.1. The summed E-state index contributed by atoms with van der Waals surface area (Å²) in [5, 5.41) is 0. The van der Waals surface area contributed by atoms with Crippen molar-refractivity contribution in [3.05, 3.63) is 0 Å². The van der Waals surface area contributed by atoms with Gasteiger partial charge in [-0.3, -0.25) is 9.11 Å². The van der Waals surface area contributed by atoms with Crippen LogP contribution in [0.4, 0.5) is 0 Å². The number of hydrogen-bond acceptors (Lipinski definition) is 8. The lowest BCUT2D eigenvalue weighted by Crippen LogP contribution is -2.05. The summed E-state index contributed by atoms with van der Waals surface area (Å²) in [4.78, 5) is 0. The zero-order valence-corrected chi connectivity index (χ0v) is 12.5. The molecule has 0 fully saturated rings. The van der Waals surface area contributed by atoms with Gasteiger partial charge < -0.3 is 0 Å². The zero-order chi connectivity index (χ0) is 14.1. The minimum Gasteiger partial charge on any atom is -0.264 e. The molecule has 0 radical (unpaired) electrons. The van der Waals surface area contributed by atoms with E-state index >= 15 is 0 Å². The summed E-state index contributed by atoms with van der Waals surface area (Å²) in [5.41, 5.74) is 0. The molecular weight excluding hydrogens is 328 g/mol. The fraction of sp³-hybridized carbons (Fsp3) is 1.00. The minimum atomic E-state index is -4.36. The fourth-order valence-corrected chi connectivity index (χ4v) is 3.46. The van der Waals surface area contributed by atoms with Gasteiger partial charge in [0.1, 0.15) is 0 Å². The molecule has 2 N–H and O–H groups in total. The molecule has 0 saturated heterocycles. The summed E-state index contributed by atoms with van der Waals surface area (Å²) in [7, 11) is -5.80. The van der Waals surface area contributed by atoms with Crippen LogP contribution >= 0.6 is 21.6 Å². The molecule has 0 aliphatic heterocycles. The third kappa shape index (κ3) is 16.4. The van der Waals surface area contributed by atoms with Gasteiger partial charge in [0.2, 0.25) is 0 Å². The quantitative estimate of drug-likeness (QED) is 0.316. The van der Waals surface area contributed by atoms with Crippen molar-refractivity contribution in [2.75, 3.05) is 24.7 Å². The second-order valence-electron chi connectivity index (χ2n) is 2.85.